The molecule has 0 fully saturated rings. The Balaban J connectivity index is 1.64. The number of methoxy groups -OCH3 is 1. The zero-order valence-electron chi connectivity index (χ0n) is 20.6. The van der Waals surface area contributed by atoms with Crippen LogP contribution in [0.4, 0.5) is 5.69 Å². The minimum Gasteiger partial charge on any atom is -0.503 e. The second-order valence-electron chi connectivity index (χ2n) is 9.89. The van der Waals surface area contributed by atoms with E-state index in [-0.39, 0.29) is 16.7 Å². The maximum absolute atomic E-state index is 13.8. The molecule has 1 atom stereocenters. The molecule has 3 aromatic carbocycles. The molecule has 182 valence electrons. The number of anilines is 1. The third kappa shape index (κ3) is 3.94. The quantitative estimate of drug-likeness (QED) is 0.328. The van der Waals surface area contributed by atoms with Crippen molar-refractivity contribution in [2.45, 2.75) is 32.2 Å². The SMILES string of the molecule is COc1cccc(C2C(C(=O)c3cc4ccccc4o3)=C(O)C(=O)N2c2ccc(C(C)(C)C)cc2)c1. The average molecular weight is 482 g/mol. The van der Waals surface area contributed by atoms with Crippen LogP contribution in [0.15, 0.2) is 94.6 Å². The van der Waals surface area contributed by atoms with Crippen LogP contribution in [0.3, 0.4) is 0 Å². The lowest BCUT2D eigenvalue weighted by Crippen LogP contribution is -2.31. The highest BCUT2D eigenvalue weighted by Crippen LogP contribution is 2.43. The van der Waals surface area contributed by atoms with Crippen molar-refractivity contribution in [2.75, 3.05) is 12.0 Å². The van der Waals surface area contributed by atoms with Gasteiger partial charge in [0.1, 0.15) is 11.3 Å². The molecule has 1 aliphatic rings. The van der Waals surface area contributed by atoms with Gasteiger partial charge in [0.25, 0.3) is 5.91 Å². The van der Waals surface area contributed by atoms with Crippen LogP contribution in [0.25, 0.3) is 11.0 Å². The average Bonchev–Trinajstić information content (AvgIpc) is 3.42. The van der Waals surface area contributed by atoms with E-state index in [2.05, 4.69) is 20.8 Å². The number of rotatable bonds is 5. The zero-order chi connectivity index (χ0) is 25.6. The van der Waals surface area contributed by atoms with Gasteiger partial charge >= 0.3 is 0 Å². The number of hydrogen-bond donors (Lipinski definition) is 1. The highest BCUT2D eigenvalue weighted by Gasteiger charge is 2.45. The van der Waals surface area contributed by atoms with Crippen LogP contribution in [0.5, 0.6) is 5.75 Å². The van der Waals surface area contributed by atoms with E-state index in [4.69, 9.17) is 9.15 Å². The summed E-state index contributed by atoms with van der Waals surface area (Å²) in [5.41, 5.74) is 2.75. The molecule has 6 heteroatoms. The van der Waals surface area contributed by atoms with E-state index < -0.39 is 23.5 Å². The van der Waals surface area contributed by atoms with Gasteiger partial charge in [0.05, 0.1) is 18.7 Å². The highest BCUT2D eigenvalue weighted by atomic mass is 16.5. The summed E-state index contributed by atoms with van der Waals surface area (Å²) in [4.78, 5) is 28.7. The Morgan fingerprint density at radius 3 is 2.36 bits per heavy atom. The number of para-hydroxylation sites is 1. The third-order valence-corrected chi connectivity index (χ3v) is 6.52. The topological polar surface area (TPSA) is 80.0 Å². The number of aliphatic hydroxyl groups excluding tert-OH is 1. The predicted octanol–water partition coefficient (Wildman–Crippen LogP) is 6.52. The number of amides is 1. The van der Waals surface area contributed by atoms with Crippen molar-refractivity contribution in [3.8, 4) is 5.75 Å². The summed E-state index contributed by atoms with van der Waals surface area (Å²) in [6.45, 7) is 6.33. The van der Waals surface area contributed by atoms with Gasteiger partial charge in [0, 0.05) is 11.1 Å². The molecule has 4 aromatic rings. The van der Waals surface area contributed by atoms with Gasteiger partial charge in [-0.15, -0.1) is 0 Å². The largest absolute Gasteiger partial charge is 0.503 e. The van der Waals surface area contributed by atoms with Crippen molar-refractivity contribution in [3.05, 3.63) is 107 Å². The molecular weight excluding hydrogens is 454 g/mol. The molecule has 0 radical (unpaired) electrons. The Hall–Kier alpha value is -4.32. The molecule has 1 N–H and O–H groups in total. The number of ketones is 1. The number of carbonyl (C=O) groups is 2. The van der Waals surface area contributed by atoms with E-state index in [9.17, 15) is 14.7 Å². The molecule has 0 saturated carbocycles. The number of Topliss-reactive ketones (excluding diaryl/α,β-unsaturated/α-hetero) is 1. The normalized spacial score (nSPS) is 16.2. The molecule has 0 aliphatic carbocycles. The number of hydrogen-bond acceptors (Lipinski definition) is 5. The predicted molar refractivity (Wildman–Crippen MR) is 139 cm³/mol. The molecule has 5 rings (SSSR count). The van der Waals surface area contributed by atoms with E-state index in [1.807, 2.05) is 48.5 Å². The molecule has 2 heterocycles. The van der Waals surface area contributed by atoms with Crippen molar-refractivity contribution in [1.29, 1.82) is 0 Å². The van der Waals surface area contributed by atoms with Crippen LogP contribution in [0.2, 0.25) is 0 Å². The van der Waals surface area contributed by atoms with E-state index in [1.54, 1.807) is 37.4 Å². The molecular formula is C30H27NO5. The molecule has 1 amide bonds. The van der Waals surface area contributed by atoms with Gasteiger partial charge < -0.3 is 14.3 Å². The number of furan rings is 1. The Bertz CT molecular complexity index is 1470. The molecule has 36 heavy (non-hydrogen) atoms. The summed E-state index contributed by atoms with van der Waals surface area (Å²) in [5, 5.41) is 11.8. The minimum atomic E-state index is -0.867. The monoisotopic (exact) mass is 481 g/mol. The van der Waals surface area contributed by atoms with Gasteiger partial charge in [-0.3, -0.25) is 14.5 Å². The Morgan fingerprint density at radius 1 is 0.972 bits per heavy atom. The number of nitrogens with zero attached hydrogens (tertiary/aromatic N) is 1. The number of carbonyl (C=O) groups excluding carboxylic acids is 2. The fourth-order valence-electron chi connectivity index (χ4n) is 4.58. The van der Waals surface area contributed by atoms with Crippen molar-refractivity contribution in [3.63, 3.8) is 0 Å². The van der Waals surface area contributed by atoms with Crippen molar-refractivity contribution >= 4 is 28.3 Å². The fraction of sp³-hybridized carbons (Fsp3) is 0.200. The first-order valence-electron chi connectivity index (χ1n) is 11.7. The summed E-state index contributed by atoms with van der Waals surface area (Å²) in [6, 6.07) is 22.8. The summed E-state index contributed by atoms with van der Waals surface area (Å²) in [5.74, 6) is -1.15. The standard InChI is InChI=1S/C30H27NO5/c1-30(2,3)20-12-14-21(15-13-20)31-26(19-9-7-10-22(16-19)35-4)25(28(33)29(31)34)27(32)24-17-18-8-5-6-11-23(18)36-24/h5-17,26,33H,1-4H3. The van der Waals surface area contributed by atoms with Crippen LogP contribution in [-0.2, 0) is 10.2 Å². The van der Waals surface area contributed by atoms with Crippen LogP contribution in [0, 0.1) is 0 Å². The van der Waals surface area contributed by atoms with E-state index >= 15 is 0 Å². The van der Waals surface area contributed by atoms with Gasteiger partial charge in [-0.2, -0.15) is 0 Å². The number of benzene rings is 3. The molecule has 0 saturated heterocycles. The second-order valence-corrected chi connectivity index (χ2v) is 9.89. The highest BCUT2D eigenvalue weighted by molar-refractivity contribution is 6.20. The third-order valence-electron chi connectivity index (χ3n) is 6.52. The van der Waals surface area contributed by atoms with Gasteiger partial charge in [-0.05, 0) is 52.9 Å². The molecule has 0 spiro atoms. The summed E-state index contributed by atoms with van der Waals surface area (Å²) < 4.78 is 11.2. The summed E-state index contributed by atoms with van der Waals surface area (Å²) in [7, 11) is 1.55. The van der Waals surface area contributed by atoms with Gasteiger partial charge in [-0.25, -0.2) is 0 Å². The number of aliphatic hydroxyl groups is 1. The first-order valence-corrected chi connectivity index (χ1v) is 11.7. The molecule has 1 aromatic heterocycles. The molecule has 0 bridgehead atoms. The zero-order valence-corrected chi connectivity index (χ0v) is 20.6. The fourth-order valence-corrected chi connectivity index (χ4v) is 4.58. The van der Waals surface area contributed by atoms with E-state index in [0.717, 1.165) is 10.9 Å². The minimum absolute atomic E-state index is 0.0350. The lowest BCUT2D eigenvalue weighted by molar-refractivity contribution is -0.117. The smallest absolute Gasteiger partial charge is 0.294 e. The van der Waals surface area contributed by atoms with Crippen LogP contribution in [0.1, 0.15) is 48.5 Å². The Kier molecular flexibility index (Phi) is 5.67. The molecule has 1 unspecified atom stereocenters. The van der Waals surface area contributed by atoms with Crippen LogP contribution < -0.4 is 9.64 Å². The van der Waals surface area contributed by atoms with Gasteiger partial charge in [0.15, 0.2) is 11.5 Å². The van der Waals surface area contributed by atoms with E-state index in [0.29, 0.717) is 22.6 Å². The Labute approximate surface area is 209 Å². The number of ether oxygens (including phenoxy) is 1. The Morgan fingerprint density at radius 2 is 1.69 bits per heavy atom. The maximum Gasteiger partial charge on any atom is 0.294 e. The van der Waals surface area contributed by atoms with Crippen molar-refractivity contribution in [1.82, 2.24) is 0 Å². The first kappa shape index (κ1) is 23.4. The summed E-state index contributed by atoms with van der Waals surface area (Å²) in [6.07, 6.45) is 0. The van der Waals surface area contributed by atoms with Crippen LogP contribution in [-0.4, -0.2) is 23.9 Å². The maximum atomic E-state index is 13.8. The first-order chi connectivity index (χ1) is 17.2. The second kappa shape index (κ2) is 8.72. The van der Waals surface area contributed by atoms with Crippen molar-refractivity contribution in [2.24, 2.45) is 0 Å². The molecule has 6 nitrogen and oxygen atoms in total. The van der Waals surface area contributed by atoms with Gasteiger partial charge in [-0.1, -0.05) is 63.2 Å². The number of fused-ring (bicyclic) bond motifs is 1. The van der Waals surface area contributed by atoms with Crippen molar-refractivity contribution < 1.29 is 23.8 Å². The lowest BCUT2D eigenvalue weighted by atomic mass is 9.87. The molecule has 1 aliphatic heterocycles. The van der Waals surface area contributed by atoms with E-state index in [1.165, 1.54) is 4.90 Å². The van der Waals surface area contributed by atoms with Crippen LogP contribution >= 0.6 is 0 Å². The summed E-state index contributed by atoms with van der Waals surface area (Å²) >= 11 is 0. The van der Waals surface area contributed by atoms with Gasteiger partial charge in [0.2, 0.25) is 5.78 Å². The lowest BCUT2D eigenvalue weighted by Gasteiger charge is -2.28.